The number of halogens is 1. The second-order valence-electron chi connectivity index (χ2n) is 4.43. The monoisotopic (exact) mass is 272 g/mol. The molecule has 0 aliphatic heterocycles. The second-order valence-corrected chi connectivity index (χ2v) is 4.81. The third-order valence-corrected chi connectivity index (χ3v) is 2.62. The van der Waals surface area contributed by atoms with Gasteiger partial charge in [0.1, 0.15) is 11.1 Å². The Labute approximate surface area is 110 Å². The molecular formula is C11H17ClN4O2. The fraction of sp³-hybridized carbons (Fsp3) is 0.545. The highest BCUT2D eigenvalue weighted by Crippen LogP contribution is 2.15. The van der Waals surface area contributed by atoms with Crippen LogP contribution in [0.15, 0.2) is 11.0 Å². The minimum atomic E-state index is -0.496. The second kappa shape index (κ2) is 6.39. The van der Waals surface area contributed by atoms with E-state index >= 15 is 0 Å². The Kier molecular flexibility index (Phi) is 5.15. The molecule has 0 bridgehead atoms. The first-order valence-corrected chi connectivity index (χ1v) is 6.07. The number of rotatable bonds is 5. The van der Waals surface area contributed by atoms with E-state index in [0.29, 0.717) is 18.2 Å². The molecule has 1 atom stereocenters. The summed E-state index contributed by atoms with van der Waals surface area (Å²) in [5, 5.41) is 11.4. The number of amides is 1. The molecule has 1 aromatic heterocycles. The van der Waals surface area contributed by atoms with Crippen molar-refractivity contribution in [3.8, 4) is 0 Å². The van der Waals surface area contributed by atoms with Crippen molar-refractivity contribution in [1.82, 2.24) is 15.5 Å². The molecule has 0 radical (unpaired) electrons. The number of hydrogen-bond acceptors (Lipinski definition) is 4. The molecule has 0 aliphatic carbocycles. The first kappa shape index (κ1) is 14.5. The van der Waals surface area contributed by atoms with Crippen molar-refractivity contribution in [2.24, 2.45) is 5.92 Å². The SMILES string of the molecule is CC(C)CNC(=O)C(C)Nc1cn[nH]c(=O)c1Cl. The van der Waals surface area contributed by atoms with E-state index in [0.717, 1.165) is 0 Å². The van der Waals surface area contributed by atoms with Crippen molar-refractivity contribution in [3.63, 3.8) is 0 Å². The minimum absolute atomic E-state index is 0.00601. The molecule has 1 unspecified atom stereocenters. The van der Waals surface area contributed by atoms with Gasteiger partial charge in [-0.2, -0.15) is 5.10 Å². The number of aromatic amines is 1. The van der Waals surface area contributed by atoms with Crippen LogP contribution in [0.1, 0.15) is 20.8 Å². The van der Waals surface area contributed by atoms with Crippen molar-refractivity contribution < 1.29 is 4.79 Å². The van der Waals surface area contributed by atoms with E-state index in [1.165, 1.54) is 6.20 Å². The van der Waals surface area contributed by atoms with E-state index in [1.807, 2.05) is 13.8 Å². The molecule has 1 amide bonds. The number of aromatic nitrogens is 2. The summed E-state index contributed by atoms with van der Waals surface area (Å²) in [5.74, 6) is 0.228. The summed E-state index contributed by atoms with van der Waals surface area (Å²) in [5.41, 5.74) is -0.149. The first-order valence-electron chi connectivity index (χ1n) is 5.69. The van der Waals surface area contributed by atoms with Crippen molar-refractivity contribution in [3.05, 3.63) is 21.6 Å². The van der Waals surface area contributed by atoms with E-state index in [4.69, 9.17) is 11.6 Å². The predicted molar refractivity (Wildman–Crippen MR) is 70.8 cm³/mol. The number of carbonyl (C=O) groups excluding carboxylic acids is 1. The predicted octanol–water partition coefficient (Wildman–Crippen LogP) is 0.996. The molecule has 1 heterocycles. The Morgan fingerprint density at radius 2 is 2.17 bits per heavy atom. The van der Waals surface area contributed by atoms with Gasteiger partial charge in [-0.3, -0.25) is 9.59 Å². The van der Waals surface area contributed by atoms with Gasteiger partial charge in [0.15, 0.2) is 0 Å². The highest BCUT2D eigenvalue weighted by atomic mass is 35.5. The van der Waals surface area contributed by atoms with Crippen LogP contribution in [-0.4, -0.2) is 28.7 Å². The average Bonchev–Trinajstić information content (AvgIpc) is 2.31. The van der Waals surface area contributed by atoms with E-state index in [-0.39, 0.29) is 10.9 Å². The van der Waals surface area contributed by atoms with Gasteiger partial charge in [0.05, 0.1) is 11.9 Å². The maximum atomic E-state index is 11.7. The van der Waals surface area contributed by atoms with Gasteiger partial charge < -0.3 is 10.6 Å². The lowest BCUT2D eigenvalue weighted by atomic mass is 10.2. The summed E-state index contributed by atoms with van der Waals surface area (Å²) < 4.78 is 0. The summed E-state index contributed by atoms with van der Waals surface area (Å²) in [6, 6.07) is -0.496. The normalized spacial score (nSPS) is 12.3. The van der Waals surface area contributed by atoms with Crippen LogP contribution in [0.2, 0.25) is 5.02 Å². The molecule has 0 fully saturated rings. The standard InChI is InChI=1S/C11H17ClN4O2/c1-6(2)4-13-10(17)7(3)15-8-5-14-16-11(18)9(8)12/h5-7H,4H2,1-3H3,(H,13,17)(H2,15,16,18). The van der Waals surface area contributed by atoms with Crippen LogP contribution in [0.5, 0.6) is 0 Å². The zero-order chi connectivity index (χ0) is 13.7. The third-order valence-electron chi connectivity index (χ3n) is 2.25. The smallest absolute Gasteiger partial charge is 0.285 e. The van der Waals surface area contributed by atoms with Gasteiger partial charge in [-0.25, -0.2) is 5.10 Å². The van der Waals surface area contributed by atoms with Crippen LogP contribution < -0.4 is 16.2 Å². The summed E-state index contributed by atoms with van der Waals surface area (Å²) in [6.45, 7) is 6.31. The Morgan fingerprint density at radius 1 is 1.50 bits per heavy atom. The van der Waals surface area contributed by atoms with E-state index in [9.17, 15) is 9.59 Å². The lowest BCUT2D eigenvalue weighted by molar-refractivity contribution is -0.121. The van der Waals surface area contributed by atoms with Gasteiger partial charge in [0.2, 0.25) is 5.91 Å². The van der Waals surface area contributed by atoms with Crippen LogP contribution in [0.3, 0.4) is 0 Å². The Bertz CT molecular complexity index is 472. The van der Waals surface area contributed by atoms with Gasteiger partial charge in [0, 0.05) is 6.54 Å². The van der Waals surface area contributed by atoms with Gasteiger partial charge >= 0.3 is 0 Å². The zero-order valence-corrected chi connectivity index (χ0v) is 11.3. The van der Waals surface area contributed by atoms with Gasteiger partial charge in [-0.05, 0) is 12.8 Å². The maximum Gasteiger partial charge on any atom is 0.285 e. The number of nitrogens with one attached hydrogen (secondary N) is 3. The van der Waals surface area contributed by atoms with Gasteiger partial charge in [-0.1, -0.05) is 25.4 Å². The quantitative estimate of drug-likeness (QED) is 0.746. The van der Waals surface area contributed by atoms with Crippen molar-refractivity contribution in [2.75, 3.05) is 11.9 Å². The molecule has 18 heavy (non-hydrogen) atoms. The van der Waals surface area contributed by atoms with Gasteiger partial charge in [0.25, 0.3) is 5.56 Å². The molecule has 0 aliphatic rings. The molecule has 3 N–H and O–H groups in total. The lowest BCUT2D eigenvalue weighted by Gasteiger charge is -2.16. The number of carbonyl (C=O) groups is 1. The summed E-state index contributed by atoms with van der Waals surface area (Å²) in [7, 11) is 0. The number of hydrogen-bond donors (Lipinski definition) is 3. The largest absolute Gasteiger partial charge is 0.371 e. The Morgan fingerprint density at radius 3 is 2.78 bits per heavy atom. The molecule has 0 saturated heterocycles. The molecule has 0 saturated carbocycles. The maximum absolute atomic E-state index is 11.7. The minimum Gasteiger partial charge on any atom is -0.371 e. The van der Waals surface area contributed by atoms with Crippen LogP contribution in [0.4, 0.5) is 5.69 Å². The molecule has 6 nitrogen and oxygen atoms in total. The molecule has 1 rings (SSSR count). The van der Waals surface area contributed by atoms with Crippen LogP contribution >= 0.6 is 11.6 Å². The van der Waals surface area contributed by atoms with Crippen molar-refractivity contribution in [2.45, 2.75) is 26.8 Å². The average molecular weight is 273 g/mol. The topological polar surface area (TPSA) is 86.9 Å². The van der Waals surface area contributed by atoms with Crippen LogP contribution in [-0.2, 0) is 4.79 Å². The summed E-state index contributed by atoms with van der Waals surface area (Å²) in [4.78, 5) is 22.9. The molecular weight excluding hydrogens is 256 g/mol. The Balaban J connectivity index is 2.64. The first-order chi connectivity index (χ1) is 8.41. The number of H-pyrrole nitrogens is 1. The Hall–Kier alpha value is -1.56. The molecule has 0 spiro atoms. The fourth-order valence-corrected chi connectivity index (χ4v) is 1.39. The highest BCUT2D eigenvalue weighted by molar-refractivity contribution is 6.33. The summed E-state index contributed by atoms with van der Waals surface area (Å²) in [6.07, 6.45) is 1.37. The fourth-order valence-electron chi connectivity index (χ4n) is 1.24. The highest BCUT2D eigenvalue weighted by Gasteiger charge is 2.15. The molecule has 7 heteroatoms. The molecule has 1 aromatic rings. The lowest BCUT2D eigenvalue weighted by Crippen LogP contribution is -2.39. The van der Waals surface area contributed by atoms with E-state index in [2.05, 4.69) is 20.8 Å². The third kappa shape index (κ3) is 4.03. The number of anilines is 1. The zero-order valence-electron chi connectivity index (χ0n) is 10.6. The van der Waals surface area contributed by atoms with Crippen molar-refractivity contribution >= 4 is 23.2 Å². The van der Waals surface area contributed by atoms with Crippen molar-refractivity contribution in [1.29, 1.82) is 0 Å². The van der Waals surface area contributed by atoms with E-state index in [1.54, 1.807) is 6.92 Å². The number of nitrogens with zero attached hydrogens (tertiary/aromatic N) is 1. The van der Waals surface area contributed by atoms with Crippen LogP contribution in [0, 0.1) is 5.92 Å². The molecule has 100 valence electrons. The summed E-state index contributed by atoms with van der Waals surface area (Å²) >= 11 is 5.79. The molecule has 0 aromatic carbocycles. The van der Waals surface area contributed by atoms with Gasteiger partial charge in [-0.15, -0.1) is 0 Å². The van der Waals surface area contributed by atoms with E-state index < -0.39 is 11.6 Å². The van der Waals surface area contributed by atoms with Crippen LogP contribution in [0.25, 0.3) is 0 Å².